The van der Waals surface area contributed by atoms with Gasteiger partial charge in [-0.1, -0.05) is 26.0 Å². The van der Waals surface area contributed by atoms with Crippen molar-refractivity contribution >= 4 is 11.7 Å². The first-order chi connectivity index (χ1) is 13.4. The molecule has 1 aliphatic heterocycles. The molecular weight excluding hydrogens is 361 g/mol. The molecule has 0 radical (unpaired) electrons. The number of benzene rings is 1. The van der Waals surface area contributed by atoms with Crippen molar-refractivity contribution in [3.05, 3.63) is 53.0 Å². The van der Waals surface area contributed by atoms with Crippen LogP contribution in [0.25, 0.3) is 0 Å². The standard InChI is InChI=1S/C20H22FN5O2/c1-12(2)13-3-4-14(16(21)7-13)8-20(28)23-17-10-26(11-18(17)27)19-6-5-15(9-22)24-25-19/h3-7,12,17-18,27H,8,10-11H2,1-2H3,(H,23,28). The maximum Gasteiger partial charge on any atom is 0.224 e. The van der Waals surface area contributed by atoms with E-state index in [1.165, 1.54) is 6.07 Å². The third kappa shape index (κ3) is 4.43. The number of β-amino-alcohol motifs (C(OH)–C–C–N with tert-alkyl or cyclic N) is 1. The predicted molar refractivity (Wildman–Crippen MR) is 101 cm³/mol. The van der Waals surface area contributed by atoms with Gasteiger partial charge in [0.15, 0.2) is 11.5 Å². The van der Waals surface area contributed by atoms with E-state index in [9.17, 15) is 14.3 Å². The summed E-state index contributed by atoms with van der Waals surface area (Å²) < 4.78 is 14.2. The van der Waals surface area contributed by atoms with Crippen molar-refractivity contribution in [2.45, 2.75) is 38.3 Å². The van der Waals surface area contributed by atoms with Crippen LogP contribution in [-0.4, -0.2) is 46.4 Å². The lowest BCUT2D eigenvalue weighted by atomic mass is 10.00. The molecule has 0 bridgehead atoms. The van der Waals surface area contributed by atoms with Crippen molar-refractivity contribution in [2.24, 2.45) is 0 Å². The van der Waals surface area contributed by atoms with E-state index >= 15 is 0 Å². The number of halogens is 1. The molecular formula is C20H22FN5O2. The molecule has 2 aromatic rings. The van der Waals surface area contributed by atoms with E-state index < -0.39 is 18.0 Å². The van der Waals surface area contributed by atoms with Gasteiger partial charge in [0.05, 0.1) is 18.6 Å². The largest absolute Gasteiger partial charge is 0.389 e. The minimum absolute atomic E-state index is 0.0932. The first kappa shape index (κ1) is 19.7. The Labute approximate surface area is 162 Å². The van der Waals surface area contributed by atoms with Gasteiger partial charge in [0.1, 0.15) is 11.9 Å². The van der Waals surface area contributed by atoms with Gasteiger partial charge in [-0.25, -0.2) is 4.39 Å². The number of aliphatic hydroxyl groups excluding tert-OH is 1. The molecule has 1 aliphatic rings. The Bertz CT molecular complexity index is 894. The lowest BCUT2D eigenvalue weighted by molar-refractivity contribution is -0.121. The predicted octanol–water partition coefficient (Wildman–Crippen LogP) is 1.52. The number of aliphatic hydroxyl groups is 1. The summed E-state index contributed by atoms with van der Waals surface area (Å²) in [5.74, 6) is -0.0248. The number of anilines is 1. The van der Waals surface area contributed by atoms with Crippen LogP contribution >= 0.6 is 0 Å². The lowest BCUT2D eigenvalue weighted by Crippen LogP contribution is -2.43. The summed E-state index contributed by atoms with van der Waals surface area (Å²) in [6.07, 6.45) is -0.876. The highest BCUT2D eigenvalue weighted by molar-refractivity contribution is 5.79. The molecule has 1 amide bonds. The summed E-state index contributed by atoms with van der Waals surface area (Å²) in [4.78, 5) is 14.1. The molecule has 0 aliphatic carbocycles. The van der Waals surface area contributed by atoms with Crippen molar-refractivity contribution in [2.75, 3.05) is 18.0 Å². The first-order valence-electron chi connectivity index (χ1n) is 9.12. The van der Waals surface area contributed by atoms with Crippen LogP contribution in [-0.2, 0) is 11.2 Å². The third-order valence-corrected chi connectivity index (χ3v) is 4.82. The van der Waals surface area contributed by atoms with Gasteiger partial charge in [-0.05, 0) is 35.2 Å². The van der Waals surface area contributed by atoms with Crippen LogP contribution in [0, 0.1) is 17.1 Å². The Balaban J connectivity index is 1.60. The fourth-order valence-corrected chi connectivity index (χ4v) is 3.17. The average molecular weight is 383 g/mol. The number of carbonyl (C=O) groups is 1. The van der Waals surface area contributed by atoms with Crippen LogP contribution in [0.1, 0.15) is 36.6 Å². The summed E-state index contributed by atoms with van der Waals surface area (Å²) in [5.41, 5.74) is 1.41. The van der Waals surface area contributed by atoms with Crippen LogP contribution < -0.4 is 10.2 Å². The molecule has 1 aromatic heterocycles. The summed E-state index contributed by atoms with van der Waals surface area (Å²) >= 11 is 0. The molecule has 3 rings (SSSR count). The fourth-order valence-electron chi connectivity index (χ4n) is 3.17. The van der Waals surface area contributed by atoms with Gasteiger partial charge < -0.3 is 15.3 Å². The van der Waals surface area contributed by atoms with Crippen molar-refractivity contribution < 1.29 is 14.3 Å². The minimum Gasteiger partial charge on any atom is -0.389 e. The van der Waals surface area contributed by atoms with E-state index in [2.05, 4.69) is 15.5 Å². The second-order valence-electron chi connectivity index (χ2n) is 7.22. The van der Waals surface area contributed by atoms with E-state index in [1.807, 2.05) is 26.0 Å². The Morgan fingerprint density at radius 1 is 1.36 bits per heavy atom. The smallest absolute Gasteiger partial charge is 0.224 e. The lowest BCUT2D eigenvalue weighted by Gasteiger charge is -2.17. The van der Waals surface area contributed by atoms with Crippen molar-refractivity contribution in [3.63, 3.8) is 0 Å². The SMILES string of the molecule is CC(C)c1ccc(CC(=O)NC2CN(c3ccc(C#N)nn3)CC2O)c(F)c1. The molecule has 1 aromatic carbocycles. The zero-order valence-corrected chi connectivity index (χ0v) is 15.8. The van der Waals surface area contributed by atoms with Crippen molar-refractivity contribution in [1.82, 2.24) is 15.5 Å². The highest BCUT2D eigenvalue weighted by Crippen LogP contribution is 2.20. The molecule has 2 N–H and O–H groups in total. The second kappa shape index (κ2) is 8.31. The highest BCUT2D eigenvalue weighted by Gasteiger charge is 2.33. The third-order valence-electron chi connectivity index (χ3n) is 4.82. The van der Waals surface area contributed by atoms with Crippen LogP contribution in [0.15, 0.2) is 30.3 Å². The van der Waals surface area contributed by atoms with Gasteiger partial charge in [0.25, 0.3) is 0 Å². The van der Waals surface area contributed by atoms with Gasteiger partial charge in [-0.2, -0.15) is 5.26 Å². The summed E-state index contributed by atoms with van der Waals surface area (Å²) in [5, 5.41) is 29.5. The average Bonchev–Trinajstić information content (AvgIpc) is 3.03. The van der Waals surface area contributed by atoms with Gasteiger partial charge in [0, 0.05) is 13.1 Å². The number of carbonyl (C=O) groups excluding carboxylic acids is 1. The molecule has 0 saturated carbocycles. The summed E-state index contributed by atoms with van der Waals surface area (Å²) in [6, 6.07) is 9.51. The second-order valence-corrected chi connectivity index (χ2v) is 7.22. The maximum absolute atomic E-state index is 14.2. The monoisotopic (exact) mass is 383 g/mol. The van der Waals surface area contributed by atoms with Crippen molar-refractivity contribution in [1.29, 1.82) is 5.26 Å². The van der Waals surface area contributed by atoms with E-state index in [0.717, 1.165) is 5.56 Å². The minimum atomic E-state index is -0.783. The molecule has 146 valence electrons. The van der Waals surface area contributed by atoms with Crippen LogP contribution in [0.4, 0.5) is 10.2 Å². The number of aromatic nitrogens is 2. The van der Waals surface area contributed by atoms with Crippen molar-refractivity contribution in [3.8, 4) is 6.07 Å². The highest BCUT2D eigenvalue weighted by atomic mass is 19.1. The van der Waals surface area contributed by atoms with E-state index in [1.54, 1.807) is 23.1 Å². The number of hydrogen-bond donors (Lipinski definition) is 2. The van der Waals surface area contributed by atoms with E-state index in [0.29, 0.717) is 17.9 Å². The topological polar surface area (TPSA) is 102 Å². The molecule has 8 heteroatoms. The van der Waals surface area contributed by atoms with Crippen LogP contribution in [0.3, 0.4) is 0 Å². The zero-order chi connectivity index (χ0) is 20.3. The molecule has 1 fully saturated rings. The maximum atomic E-state index is 14.2. The zero-order valence-electron chi connectivity index (χ0n) is 15.8. The quantitative estimate of drug-likeness (QED) is 0.812. The molecule has 28 heavy (non-hydrogen) atoms. The number of rotatable bonds is 5. The van der Waals surface area contributed by atoms with Gasteiger partial charge >= 0.3 is 0 Å². The van der Waals surface area contributed by atoms with E-state index in [4.69, 9.17) is 5.26 Å². The summed E-state index contributed by atoms with van der Waals surface area (Å²) in [6.45, 7) is 4.59. The number of amides is 1. The van der Waals surface area contributed by atoms with Crippen LogP contribution in [0.5, 0.6) is 0 Å². The Hall–Kier alpha value is -3.05. The Morgan fingerprint density at radius 3 is 2.75 bits per heavy atom. The molecule has 7 nitrogen and oxygen atoms in total. The number of hydrogen-bond acceptors (Lipinski definition) is 6. The van der Waals surface area contributed by atoms with Gasteiger partial charge in [-0.3, -0.25) is 4.79 Å². The molecule has 0 spiro atoms. The summed E-state index contributed by atoms with van der Waals surface area (Å²) in [7, 11) is 0. The molecule has 2 atom stereocenters. The Morgan fingerprint density at radius 2 is 2.14 bits per heavy atom. The fraction of sp³-hybridized carbons (Fsp3) is 0.400. The number of nitriles is 1. The number of nitrogens with zero attached hydrogens (tertiary/aromatic N) is 4. The van der Waals surface area contributed by atoms with Crippen LogP contribution in [0.2, 0.25) is 0 Å². The number of nitrogens with one attached hydrogen (secondary N) is 1. The molecule has 1 saturated heterocycles. The van der Waals surface area contributed by atoms with Gasteiger partial charge in [0.2, 0.25) is 5.91 Å². The molecule has 2 unspecified atom stereocenters. The normalized spacial score (nSPS) is 18.9. The first-order valence-corrected chi connectivity index (χ1v) is 9.12. The Kier molecular flexibility index (Phi) is 5.85. The van der Waals surface area contributed by atoms with E-state index in [-0.39, 0.29) is 30.5 Å². The molecule has 2 heterocycles. The van der Waals surface area contributed by atoms with Gasteiger partial charge in [-0.15, -0.1) is 10.2 Å².